The number of hydrogen-bond donors (Lipinski definition) is 2. The first-order valence-electron chi connectivity index (χ1n) is 9.90. The molecular weight excluding hydrogens is 398 g/mol. The average molecular weight is 422 g/mol. The van der Waals surface area contributed by atoms with Crippen LogP contribution in [0.5, 0.6) is 5.88 Å². The van der Waals surface area contributed by atoms with Gasteiger partial charge in [-0.2, -0.15) is 5.10 Å². The summed E-state index contributed by atoms with van der Waals surface area (Å²) in [4.78, 5) is 19.4. The summed E-state index contributed by atoms with van der Waals surface area (Å²) in [6.45, 7) is 2.72. The number of nitrogens with zero attached hydrogens (tertiary/aromatic N) is 4. The van der Waals surface area contributed by atoms with Crippen LogP contribution >= 0.6 is 12.2 Å². The smallest absolute Gasteiger partial charge is 0.264 e. The minimum Gasteiger partial charge on any atom is -0.494 e. The first-order chi connectivity index (χ1) is 14.5. The fraction of sp³-hybridized carbons (Fsp3) is 0.273. The van der Waals surface area contributed by atoms with Crippen molar-refractivity contribution in [1.29, 1.82) is 0 Å². The lowest BCUT2D eigenvalue weighted by molar-refractivity contribution is 0.156. The molecule has 1 unspecified atom stereocenters. The number of pyridine rings is 1. The maximum Gasteiger partial charge on any atom is 0.264 e. The number of aromatic hydroxyl groups is 1. The van der Waals surface area contributed by atoms with Crippen molar-refractivity contribution in [3.05, 3.63) is 80.6 Å². The van der Waals surface area contributed by atoms with Gasteiger partial charge in [0.15, 0.2) is 4.77 Å². The van der Waals surface area contributed by atoms with Crippen LogP contribution in [0.1, 0.15) is 42.0 Å². The van der Waals surface area contributed by atoms with E-state index in [-0.39, 0.29) is 22.3 Å². The van der Waals surface area contributed by atoms with Crippen LogP contribution in [-0.2, 0) is 0 Å². The minimum absolute atomic E-state index is 0.0700. The van der Waals surface area contributed by atoms with Crippen molar-refractivity contribution >= 4 is 18.4 Å². The summed E-state index contributed by atoms with van der Waals surface area (Å²) in [5.74, 6) is -0.229. The largest absolute Gasteiger partial charge is 0.494 e. The Morgan fingerprint density at radius 2 is 2.17 bits per heavy atom. The van der Waals surface area contributed by atoms with Crippen molar-refractivity contribution in [3.8, 4) is 11.6 Å². The third kappa shape index (κ3) is 4.04. The van der Waals surface area contributed by atoms with Gasteiger partial charge in [-0.15, -0.1) is 0 Å². The first kappa shape index (κ1) is 20.0. The third-order valence-corrected chi connectivity index (χ3v) is 5.54. The SMILES string of the molecule is Cc1cccc(-n2c(O)c(/C=N/N3CCCCC3c3cccnc3)c(=O)[nH]c2=S)c1. The summed E-state index contributed by atoms with van der Waals surface area (Å²) in [6, 6.07) is 11.6. The van der Waals surface area contributed by atoms with Crippen molar-refractivity contribution < 1.29 is 5.11 Å². The zero-order valence-electron chi connectivity index (χ0n) is 16.7. The Balaban J connectivity index is 1.72. The highest BCUT2D eigenvalue weighted by Gasteiger charge is 2.23. The van der Waals surface area contributed by atoms with Crippen molar-refractivity contribution in [3.63, 3.8) is 0 Å². The summed E-state index contributed by atoms with van der Waals surface area (Å²) in [5, 5.41) is 17.4. The fourth-order valence-electron chi connectivity index (χ4n) is 3.76. The van der Waals surface area contributed by atoms with Crippen molar-refractivity contribution in [2.45, 2.75) is 32.2 Å². The van der Waals surface area contributed by atoms with Gasteiger partial charge in [0.1, 0.15) is 5.56 Å². The highest BCUT2D eigenvalue weighted by Crippen LogP contribution is 2.30. The molecule has 3 heterocycles. The number of nitrogens with one attached hydrogen (secondary N) is 1. The summed E-state index contributed by atoms with van der Waals surface area (Å²) < 4.78 is 1.58. The lowest BCUT2D eigenvalue weighted by Gasteiger charge is -2.33. The molecule has 2 N–H and O–H groups in total. The predicted molar refractivity (Wildman–Crippen MR) is 119 cm³/mol. The number of rotatable bonds is 4. The number of aryl methyl sites for hydroxylation is 1. The lowest BCUT2D eigenvalue weighted by Crippen LogP contribution is -2.29. The maximum atomic E-state index is 12.5. The predicted octanol–water partition coefficient (Wildman–Crippen LogP) is 3.87. The van der Waals surface area contributed by atoms with Gasteiger partial charge < -0.3 is 5.11 Å². The van der Waals surface area contributed by atoms with Crippen molar-refractivity contribution in [2.75, 3.05) is 6.54 Å². The molecule has 0 amide bonds. The number of aromatic amines is 1. The molecule has 8 heteroatoms. The molecule has 1 aliphatic rings. The van der Waals surface area contributed by atoms with Crippen LogP contribution in [0.3, 0.4) is 0 Å². The third-order valence-electron chi connectivity index (χ3n) is 5.26. The summed E-state index contributed by atoms with van der Waals surface area (Å²) in [5.41, 5.74) is 2.38. The maximum absolute atomic E-state index is 12.5. The Bertz CT molecular complexity index is 1190. The lowest BCUT2D eigenvalue weighted by atomic mass is 9.98. The molecule has 0 spiro atoms. The number of H-pyrrole nitrogens is 1. The average Bonchev–Trinajstić information content (AvgIpc) is 2.74. The Hall–Kier alpha value is -3.26. The van der Waals surface area contributed by atoms with Gasteiger partial charge in [0, 0.05) is 18.9 Å². The number of aromatic nitrogens is 3. The molecule has 1 aliphatic heterocycles. The molecule has 1 aromatic carbocycles. The standard InChI is InChI=1S/C22H23N5O2S/c1-15-6-4-8-17(12-15)27-21(29)18(20(28)25-22(27)30)14-24-26-11-3-2-9-19(26)16-7-5-10-23-13-16/h4-8,10,12-14,19,29H,2-3,9,11H2,1H3,(H,25,28,30)/b24-14+. The highest BCUT2D eigenvalue weighted by molar-refractivity contribution is 7.71. The van der Waals surface area contributed by atoms with E-state index in [1.165, 1.54) is 10.8 Å². The van der Waals surface area contributed by atoms with E-state index in [9.17, 15) is 9.90 Å². The van der Waals surface area contributed by atoms with Gasteiger partial charge in [-0.25, -0.2) is 0 Å². The Kier molecular flexibility index (Phi) is 5.76. The molecule has 7 nitrogen and oxygen atoms in total. The molecule has 0 bridgehead atoms. The zero-order chi connectivity index (χ0) is 21.1. The van der Waals surface area contributed by atoms with Gasteiger partial charge in [-0.1, -0.05) is 18.2 Å². The van der Waals surface area contributed by atoms with Crippen LogP contribution in [0.4, 0.5) is 0 Å². The van der Waals surface area contributed by atoms with Gasteiger partial charge in [0.05, 0.1) is 17.9 Å². The molecule has 0 aliphatic carbocycles. The van der Waals surface area contributed by atoms with Gasteiger partial charge in [0.2, 0.25) is 5.88 Å². The summed E-state index contributed by atoms with van der Waals surface area (Å²) in [6.07, 6.45) is 8.10. The van der Waals surface area contributed by atoms with Crippen LogP contribution in [-0.4, -0.2) is 37.4 Å². The molecule has 0 radical (unpaired) electrons. The van der Waals surface area contributed by atoms with Gasteiger partial charge >= 0.3 is 0 Å². The van der Waals surface area contributed by atoms with Crippen LogP contribution in [0.2, 0.25) is 0 Å². The Labute approximate surface area is 179 Å². The molecule has 4 rings (SSSR count). The van der Waals surface area contributed by atoms with Crippen molar-refractivity contribution in [1.82, 2.24) is 19.5 Å². The van der Waals surface area contributed by atoms with Crippen LogP contribution in [0.15, 0.2) is 58.7 Å². The molecule has 2 aromatic heterocycles. The van der Waals surface area contributed by atoms with Crippen molar-refractivity contribution in [2.24, 2.45) is 5.10 Å². The Morgan fingerprint density at radius 3 is 2.93 bits per heavy atom. The summed E-state index contributed by atoms with van der Waals surface area (Å²) in [7, 11) is 0. The van der Waals surface area contributed by atoms with E-state index >= 15 is 0 Å². The Morgan fingerprint density at radius 1 is 1.30 bits per heavy atom. The molecule has 3 aromatic rings. The first-order valence-corrected chi connectivity index (χ1v) is 10.3. The molecule has 1 fully saturated rings. The summed E-state index contributed by atoms with van der Waals surface area (Å²) >= 11 is 5.29. The molecular formula is C22H23N5O2S. The van der Waals surface area contributed by atoms with E-state index in [4.69, 9.17) is 12.2 Å². The minimum atomic E-state index is -0.472. The second-order valence-corrected chi connectivity index (χ2v) is 7.76. The molecule has 30 heavy (non-hydrogen) atoms. The normalized spacial score (nSPS) is 16.8. The number of hydrogen-bond acceptors (Lipinski definition) is 6. The zero-order valence-corrected chi connectivity index (χ0v) is 17.5. The number of piperidine rings is 1. The second kappa shape index (κ2) is 8.62. The van der Waals surface area contributed by atoms with Crippen LogP contribution in [0, 0.1) is 11.7 Å². The number of hydrazone groups is 1. The van der Waals surface area contributed by atoms with Gasteiger partial charge in [-0.3, -0.25) is 24.3 Å². The molecule has 1 atom stereocenters. The molecule has 0 saturated carbocycles. The topological polar surface area (TPSA) is 86.5 Å². The second-order valence-electron chi connectivity index (χ2n) is 7.38. The quantitative estimate of drug-likeness (QED) is 0.493. The van der Waals surface area contributed by atoms with E-state index in [0.29, 0.717) is 5.69 Å². The molecule has 154 valence electrons. The van der Waals surface area contributed by atoms with E-state index in [2.05, 4.69) is 15.1 Å². The highest BCUT2D eigenvalue weighted by atomic mass is 32.1. The number of benzene rings is 1. The van der Waals surface area contributed by atoms with Crippen LogP contribution < -0.4 is 5.56 Å². The fourth-order valence-corrected chi connectivity index (χ4v) is 4.04. The van der Waals surface area contributed by atoms with Crippen LogP contribution in [0.25, 0.3) is 5.69 Å². The van der Waals surface area contributed by atoms with E-state index in [1.54, 1.807) is 6.20 Å². The van der Waals surface area contributed by atoms with Gasteiger partial charge in [0.25, 0.3) is 5.56 Å². The van der Waals surface area contributed by atoms with E-state index < -0.39 is 5.56 Å². The van der Waals surface area contributed by atoms with E-state index in [0.717, 1.165) is 36.9 Å². The monoisotopic (exact) mass is 421 g/mol. The van der Waals surface area contributed by atoms with E-state index in [1.807, 2.05) is 54.5 Å². The van der Waals surface area contributed by atoms with Gasteiger partial charge in [-0.05, 0) is 67.7 Å². The molecule has 1 saturated heterocycles.